The van der Waals surface area contributed by atoms with Gasteiger partial charge in [0.1, 0.15) is 5.57 Å². The van der Waals surface area contributed by atoms with Gasteiger partial charge in [-0.2, -0.15) is 0 Å². The average Bonchev–Trinajstić information content (AvgIpc) is 2.94. The molecular weight excluding hydrogens is 592 g/mol. The third-order valence-corrected chi connectivity index (χ3v) is 9.72. The Morgan fingerprint density at radius 3 is 2.22 bits per heavy atom. The first-order chi connectivity index (χ1) is 19.7. The number of halogens is 1. The fraction of sp³-hybridized carbons (Fsp3) is 0.419. The van der Waals surface area contributed by atoms with Gasteiger partial charge in [0, 0.05) is 4.47 Å². The third-order valence-electron chi connectivity index (χ3n) is 9.03. The molecule has 0 radical (unpaired) electrons. The molecule has 0 atom stereocenters. The summed E-state index contributed by atoms with van der Waals surface area (Å²) in [6.07, 6.45) is 9.10. The highest BCUT2D eigenvalue weighted by atomic mass is 79.9. The number of amides is 4. The number of esters is 1. The molecule has 10 heteroatoms. The summed E-state index contributed by atoms with van der Waals surface area (Å²) >= 11 is 3.43. The third kappa shape index (κ3) is 5.03. The smallest absolute Gasteiger partial charge is 0.343 e. The number of urea groups is 1. The van der Waals surface area contributed by atoms with Gasteiger partial charge < -0.3 is 14.2 Å². The van der Waals surface area contributed by atoms with Crippen molar-refractivity contribution >= 4 is 51.5 Å². The second-order valence-corrected chi connectivity index (χ2v) is 12.4. The lowest BCUT2D eigenvalue weighted by Gasteiger charge is -2.57. The summed E-state index contributed by atoms with van der Waals surface area (Å²) in [5, 5.41) is 2.29. The molecule has 2 aromatic carbocycles. The number of carbonyl (C=O) groups excluding carboxylic acids is 4. The van der Waals surface area contributed by atoms with E-state index in [-0.39, 0.29) is 29.1 Å². The molecule has 9 nitrogen and oxygen atoms in total. The van der Waals surface area contributed by atoms with Gasteiger partial charge in [-0.3, -0.25) is 14.9 Å². The number of anilines is 1. The molecule has 0 aromatic heterocycles. The van der Waals surface area contributed by atoms with Crippen molar-refractivity contribution in [3.8, 4) is 11.5 Å². The minimum Gasteiger partial charge on any atom is -0.493 e. The molecule has 4 bridgehead atoms. The highest BCUT2D eigenvalue weighted by molar-refractivity contribution is 9.10. The van der Waals surface area contributed by atoms with Gasteiger partial charge in [0.15, 0.2) is 18.1 Å². The molecule has 5 fully saturated rings. The Kier molecular flexibility index (Phi) is 7.13. The van der Waals surface area contributed by atoms with Crippen LogP contribution < -0.4 is 19.7 Å². The van der Waals surface area contributed by atoms with Gasteiger partial charge in [-0.25, -0.2) is 14.5 Å². The second-order valence-electron chi connectivity index (χ2n) is 11.6. The lowest BCUT2D eigenvalue weighted by molar-refractivity contribution is -0.143. The van der Waals surface area contributed by atoms with Crippen LogP contribution in [0.2, 0.25) is 0 Å². The maximum absolute atomic E-state index is 13.6. The largest absolute Gasteiger partial charge is 0.493 e. The van der Waals surface area contributed by atoms with Crippen LogP contribution in [0.4, 0.5) is 10.5 Å². The zero-order chi connectivity index (χ0) is 28.9. The van der Waals surface area contributed by atoms with E-state index in [1.807, 2.05) is 12.1 Å². The van der Waals surface area contributed by atoms with E-state index in [2.05, 4.69) is 38.1 Å². The van der Waals surface area contributed by atoms with Crippen LogP contribution in [0.25, 0.3) is 6.08 Å². The number of hydrogen-bond acceptors (Lipinski definition) is 7. The molecule has 1 aliphatic heterocycles. The summed E-state index contributed by atoms with van der Waals surface area (Å²) < 4.78 is 15.9. The molecule has 214 valence electrons. The van der Waals surface area contributed by atoms with Crippen molar-refractivity contribution in [1.29, 1.82) is 0 Å². The predicted molar refractivity (Wildman–Crippen MR) is 153 cm³/mol. The van der Waals surface area contributed by atoms with Crippen LogP contribution in [0.5, 0.6) is 11.5 Å². The van der Waals surface area contributed by atoms with Crippen molar-refractivity contribution < 1.29 is 33.4 Å². The maximum Gasteiger partial charge on any atom is 0.343 e. The topological polar surface area (TPSA) is 111 Å². The predicted octanol–water partition coefficient (Wildman–Crippen LogP) is 5.14. The number of hydrogen-bond donors (Lipinski definition) is 1. The number of methoxy groups -OCH3 is 2. The van der Waals surface area contributed by atoms with Gasteiger partial charge in [-0.15, -0.1) is 0 Å². The molecule has 41 heavy (non-hydrogen) atoms. The first-order valence-corrected chi connectivity index (χ1v) is 14.6. The molecule has 2 aromatic rings. The zero-order valence-corrected chi connectivity index (χ0v) is 24.5. The van der Waals surface area contributed by atoms with E-state index in [1.54, 1.807) is 12.1 Å². The van der Waals surface area contributed by atoms with Gasteiger partial charge in [-0.05, 0) is 103 Å². The number of nitrogens with zero attached hydrogens (tertiary/aromatic N) is 1. The second kappa shape index (κ2) is 10.6. The number of carbonyl (C=O) groups is 4. The van der Waals surface area contributed by atoms with Crippen molar-refractivity contribution in [3.05, 3.63) is 57.6 Å². The van der Waals surface area contributed by atoms with Crippen molar-refractivity contribution in [2.75, 3.05) is 25.7 Å². The van der Waals surface area contributed by atoms with Crippen LogP contribution in [0.15, 0.2) is 46.4 Å². The molecule has 0 unspecified atom stereocenters. The first-order valence-electron chi connectivity index (χ1n) is 13.8. The molecule has 1 heterocycles. The normalized spacial score (nSPS) is 27.7. The Bertz CT molecular complexity index is 1430. The standard InChI is InChI=1S/C31H31BrN2O7/c1-39-25-11-20(24(32)12-26(25)41-16-27(35)40-2)10-23-28(36)33-30(38)34(29(23)37)22-5-3-21(4-6-22)31-13-17-7-18(14-31)9-19(8-17)15-31/h3-6,10-12,17-19H,7-9,13-16H2,1-2H3,(H,33,36,38)/b23-10+. The average molecular weight is 624 g/mol. The number of barbiturate groups is 1. The molecule has 5 aliphatic rings. The van der Waals surface area contributed by atoms with Crippen molar-refractivity contribution in [3.63, 3.8) is 0 Å². The quantitative estimate of drug-likeness (QED) is 0.258. The van der Waals surface area contributed by atoms with Crippen LogP contribution in [0.1, 0.15) is 49.7 Å². The summed E-state index contributed by atoms with van der Waals surface area (Å²) in [7, 11) is 2.68. The van der Waals surface area contributed by atoms with Crippen LogP contribution in [-0.2, 0) is 24.5 Å². The fourth-order valence-electron chi connectivity index (χ4n) is 7.61. The number of nitrogens with one attached hydrogen (secondary N) is 1. The maximum atomic E-state index is 13.6. The van der Waals surface area contributed by atoms with E-state index >= 15 is 0 Å². The molecule has 4 saturated carbocycles. The molecule has 1 saturated heterocycles. The van der Waals surface area contributed by atoms with Gasteiger partial charge in [0.2, 0.25) is 0 Å². The minimum atomic E-state index is -0.793. The van der Waals surface area contributed by atoms with E-state index in [1.165, 1.54) is 64.4 Å². The summed E-state index contributed by atoms with van der Waals surface area (Å²) in [4.78, 5) is 51.7. The lowest BCUT2D eigenvalue weighted by Crippen LogP contribution is -2.54. The van der Waals surface area contributed by atoms with Gasteiger partial charge >= 0.3 is 12.0 Å². The van der Waals surface area contributed by atoms with E-state index < -0.39 is 23.8 Å². The number of rotatable bonds is 7. The van der Waals surface area contributed by atoms with Crippen molar-refractivity contribution in [2.24, 2.45) is 17.8 Å². The highest BCUT2D eigenvalue weighted by Gasteiger charge is 2.51. The van der Waals surface area contributed by atoms with E-state index in [4.69, 9.17) is 9.47 Å². The Morgan fingerprint density at radius 2 is 1.63 bits per heavy atom. The molecular formula is C31H31BrN2O7. The van der Waals surface area contributed by atoms with Crippen LogP contribution in [-0.4, -0.2) is 44.6 Å². The highest BCUT2D eigenvalue weighted by Crippen LogP contribution is 2.60. The summed E-state index contributed by atoms with van der Waals surface area (Å²) in [6.45, 7) is -0.320. The summed E-state index contributed by atoms with van der Waals surface area (Å²) in [5.74, 6) is 0.885. The SMILES string of the molecule is COC(=O)COc1cc(Br)c(/C=C2\C(=O)NC(=O)N(c3ccc(C45CC6CC(CC(C6)C4)C5)cc3)C2=O)cc1OC. The molecule has 7 rings (SSSR count). The van der Waals surface area contributed by atoms with E-state index in [0.717, 1.165) is 22.7 Å². The molecule has 4 amide bonds. The summed E-state index contributed by atoms with van der Waals surface area (Å²) in [6, 6.07) is 10.1. The monoisotopic (exact) mass is 622 g/mol. The molecule has 0 spiro atoms. The van der Waals surface area contributed by atoms with Gasteiger partial charge in [0.25, 0.3) is 11.8 Å². The Morgan fingerprint density at radius 1 is 1.00 bits per heavy atom. The van der Waals surface area contributed by atoms with Gasteiger partial charge in [-0.1, -0.05) is 28.1 Å². The van der Waals surface area contributed by atoms with Crippen LogP contribution in [0, 0.1) is 17.8 Å². The fourth-order valence-corrected chi connectivity index (χ4v) is 8.04. The number of ether oxygens (including phenoxy) is 3. The molecule has 1 N–H and O–H groups in total. The Labute approximate surface area is 246 Å². The summed E-state index contributed by atoms with van der Waals surface area (Å²) in [5.41, 5.74) is 2.11. The number of imide groups is 2. The van der Waals surface area contributed by atoms with Gasteiger partial charge in [0.05, 0.1) is 19.9 Å². The Hall–Kier alpha value is -3.66. The lowest BCUT2D eigenvalue weighted by atomic mass is 9.48. The Balaban J connectivity index is 1.26. The van der Waals surface area contributed by atoms with Crippen molar-refractivity contribution in [2.45, 2.75) is 43.9 Å². The molecule has 4 aliphatic carbocycles. The van der Waals surface area contributed by atoms with Crippen LogP contribution in [0.3, 0.4) is 0 Å². The first kappa shape index (κ1) is 27.5. The zero-order valence-electron chi connectivity index (χ0n) is 22.9. The number of benzene rings is 2. The van der Waals surface area contributed by atoms with E-state index in [0.29, 0.717) is 15.7 Å². The minimum absolute atomic E-state index is 0.195. The van der Waals surface area contributed by atoms with Crippen molar-refractivity contribution in [1.82, 2.24) is 5.32 Å². The van der Waals surface area contributed by atoms with E-state index in [9.17, 15) is 19.2 Å². The van der Waals surface area contributed by atoms with Crippen LogP contribution >= 0.6 is 15.9 Å².